The Morgan fingerprint density at radius 2 is 2.07 bits per heavy atom. The molecule has 0 saturated heterocycles. The molecule has 0 aliphatic carbocycles. The zero-order chi connectivity index (χ0) is 11.8. The van der Waals surface area contributed by atoms with E-state index in [0.717, 1.165) is 0 Å². The molecule has 0 aromatic heterocycles. The molecule has 0 aliphatic heterocycles. The lowest BCUT2D eigenvalue weighted by atomic mass is 10.3. The summed E-state index contributed by atoms with van der Waals surface area (Å²) in [6.07, 6.45) is -0.0296. The molecule has 3 N–H and O–H groups in total. The number of nitrogens with zero attached hydrogens (tertiary/aromatic N) is 1. The average molecular weight is 218 g/mol. The quantitative estimate of drug-likeness (QED) is 0.579. The van der Waals surface area contributed by atoms with E-state index in [9.17, 15) is 9.59 Å². The van der Waals surface area contributed by atoms with Crippen molar-refractivity contribution in [3.63, 3.8) is 0 Å². The molecular weight excluding hydrogens is 200 g/mol. The van der Waals surface area contributed by atoms with E-state index in [4.69, 9.17) is 10.2 Å². The van der Waals surface area contributed by atoms with Gasteiger partial charge in [0.25, 0.3) is 0 Å². The van der Waals surface area contributed by atoms with Crippen molar-refractivity contribution in [1.29, 1.82) is 0 Å². The summed E-state index contributed by atoms with van der Waals surface area (Å²) in [6.45, 7) is 2.21. The van der Waals surface area contributed by atoms with E-state index in [-0.39, 0.29) is 19.0 Å². The third kappa shape index (κ3) is 7.75. The number of aliphatic carboxylic acids is 1. The summed E-state index contributed by atoms with van der Waals surface area (Å²) in [6, 6.07) is -0.322. The fourth-order valence-electron chi connectivity index (χ4n) is 0.893. The number of hydrogen-bond acceptors (Lipinski definition) is 3. The molecule has 6 nitrogen and oxygen atoms in total. The van der Waals surface area contributed by atoms with Gasteiger partial charge in [0.2, 0.25) is 0 Å². The fraction of sp³-hybridized carbons (Fsp3) is 0.778. The van der Waals surface area contributed by atoms with E-state index in [1.54, 1.807) is 14.0 Å². The van der Waals surface area contributed by atoms with E-state index >= 15 is 0 Å². The second-order valence-electron chi connectivity index (χ2n) is 3.43. The molecule has 88 valence electrons. The highest BCUT2D eigenvalue weighted by Crippen LogP contribution is 1.93. The minimum atomic E-state index is -0.943. The number of carbonyl (C=O) groups is 2. The summed E-state index contributed by atoms with van der Waals surface area (Å²) < 4.78 is 0. The van der Waals surface area contributed by atoms with Gasteiger partial charge >= 0.3 is 12.0 Å². The summed E-state index contributed by atoms with van der Waals surface area (Å²) in [7, 11) is 1.60. The first-order valence-electron chi connectivity index (χ1n) is 4.82. The number of nitrogens with one attached hydrogen (secondary N) is 1. The predicted molar refractivity (Wildman–Crippen MR) is 54.6 cm³/mol. The largest absolute Gasteiger partial charge is 0.481 e. The van der Waals surface area contributed by atoms with Crippen LogP contribution in [0.1, 0.15) is 19.8 Å². The Morgan fingerprint density at radius 3 is 2.53 bits per heavy atom. The number of urea groups is 1. The number of hydrogen-bond donors (Lipinski definition) is 3. The van der Waals surface area contributed by atoms with Gasteiger partial charge in [-0.1, -0.05) is 0 Å². The van der Waals surface area contributed by atoms with Crippen molar-refractivity contribution >= 4 is 12.0 Å². The Labute approximate surface area is 88.9 Å². The molecule has 0 rings (SSSR count). The number of amides is 2. The van der Waals surface area contributed by atoms with Gasteiger partial charge in [0.05, 0.1) is 12.5 Å². The van der Waals surface area contributed by atoms with E-state index in [2.05, 4.69) is 5.32 Å². The third-order valence-corrected chi connectivity index (χ3v) is 1.84. The molecule has 0 aromatic carbocycles. The lowest BCUT2D eigenvalue weighted by molar-refractivity contribution is -0.136. The van der Waals surface area contributed by atoms with Crippen LogP contribution in [0.2, 0.25) is 0 Å². The van der Waals surface area contributed by atoms with Gasteiger partial charge in [0.1, 0.15) is 0 Å². The molecule has 1 atom stereocenters. The van der Waals surface area contributed by atoms with Gasteiger partial charge in [-0.2, -0.15) is 0 Å². The van der Waals surface area contributed by atoms with Crippen LogP contribution >= 0.6 is 0 Å². The van der Waals surface area contributed by atoms with Crippen molar-refractivity contribution in [2.24, 2.45) is 0 Å². The fourth-order valence-corrected chi connectivity index (χ4v) is 0.893. The number of rotatable bonds is 6. The summed E-state index contributed by atoms with van der Waals surface area (Å²) in [5, 5.41) is 19.8. The van der Waals surface area contributed by atoms with Crippen molar-refractivity contribution in [3.05, 3.63) is 0 Å². The molecule has 0 aliphatic rings. The Bertz CT molecular complexity index is 218. The number of carboxylic acids is 1. The van der Waals surface area contributed by atoms with Crippen LogP contribution in [0.3, 0.4) is 0 Å². The maximum atomic E-state index is 11.3. The number of carboxylic acid groups (broad SMARTS) is 1. The molecular formula is C9H18N2O4. The molecule has 0 fully saturated rings. The second kappa shape index (κ2) is 7.05. The first-order chi connectivity index (χ1) is 6.93. The van der Waals surface area contributed by atoms with E-state index in [0.29, 0.717) is 13.0 Å². The Morgan fingerprint density at radius 1 is 1.47 bits per heavy atom. The standard InChI is InChI=1S/C9H18N2O4/c1-7(12)4-6-11(2)9(15)10-5-3-8(13)14/h7,12H,3-6H2,1-2H3,(H,10,15)(H,13,14). The Hall–Kier alpha value is -1.30. The maximum absolute atomic E-state index is 11.3. The van der Waals surface area contributed by atoms with E-state index < -0.39 is 12.1 Å². The minimum absolute atomic E-state index is 0.0873. The Kier molecular flexibility index (Phi) is 6.44. The van der Waals surface area contributed by atoms with Crippen LogP contribution in [0.5, 0.6) is 0 Å². The molecule has 0 spiro atoms. The van der Waals surface area contributed by atoms with Gasteiger partial charge in [-0.15, -0.1) is 0 Å². The van der Waals surface area contributed by atoms with Crippen molar-refractivity contribution in [2.75, 3.05) is 20.1 Å². The van der Waals surface area contributed by atoms with Crippen LogP contribution in [0.4, 0.5) is 4.79 Å². The van der Waals surface area contributed by atoms with Crippen LogP contribution in [0, 0.1) is 0 Å². The number of carbonyl (C=O) groups excluding carboxylic acids is 1. The van der Waals surface area contributed by atoms with Crippen molar-refractivity contribution in [2.45, 2.75) is 25.9 Å². The summed E-state index contributed by atoms with van der Waals surface area (Å²) in [4.78, 5) is 22.9. The normalized spacial score (nSPS) is 11.9. The first kappa shape index (κ1) is 13.7. The lowest BCUT2D eigenvalue weighted by Crippen LogP contribution is -2.39. The molecule has 0 heterocycles. The second-order valence-corrected chi connectivity index (χ2v) is 3.43. The van der Waals surface area contributed by atoms with E-state index in [1.165, 1.54) is 4.90 Å². The lowest BCUT2D eigenvalue weighted by Gasteiger charge is -2.18. The van der Waals surface area contributed by atoms with Gasteiger partial charge in [0, 0.05) is 20.1 Å². The molecule has 6 heteroatoms. The summed E-state index contributed by atoms with van der Waals surface area (Å²) >= 11 is 0. The highest BCUT2D eigenvalue weighted by molar-refractivity contribution is 5.74. The molecule has 0 saturated carbocycles. The highest BCUT2D eigenvalue weighted by Gasteiger charge is 2.08. The van der Waals surface area contributed by atoms with Crippen LogP contribution in [-0.2, 0) is 4.79 Å². The monoisotopic (exact) mass is 218 g/mol. The summed E-state index contributed by atoms with van der Waals surface area (Å²) in [5.41, 5.74) is 0. The van der Waals surface area contributed by atoms with Gasteiger partial charge in [-0.25, -0.2) is 4.79 Å². The van der Waals surface area contributed by atoms with Crippen molar-refractivity contribution in [1.82, 2.24) is 10.2 Å². The van der Waals surface area contributed by atoms with Gasteiger partial charge in [-0.05, 0) is 13.3 Å². The number of aliphatic hydroxyl groups excluding tert-OH is 1. The zero-order valence-electron chi connectivity index (χ0n) is 9.06. The van der Waals surface area contributed by atoms with Gasteiger partial charge in [0.15, 0.2) is 0 Å². The molecule has 0 aromatic rings. The third-order valence-electron chi connectivity index (χ3n) is 1.84. The Balaban J connectivity index is 3.64. The van der Waals surface area contributed by atoms with Crippen LogP contribution < -0.4 is 5.32 Å². The van der Waals surface area contributed by atoms with E-state index in [1.807, 2.05) is 0 Å². The average Bonchev–Trinajstić information content (AvgIpc) is 2.13. The molecule has 1 unspecified atom stereocenters. The van der Waals surface area contributed by atoms with Crippen LogP contribution in [0.25, 0.3) is 0 Å². The molecule has 15 heavy (non-hydrogen) atoms. The number of aliphatic hydroxyl groups is 1. The van der Waals surface area contributed by atoms with Crippen LogP contribution in [0.15, 0.2) is 0 Å². The molecule has 0 bridgehead atoms. The first-order valence-corrected chi connectivity index (χ1v) is 4.82. The van der Waals surface area contributed by atoms with Crippen LogP contribution in [-0.4, -0.2) is 53.4 Å². The SMILES string of the molecule is CC(O)CCN(C)C(=O)NCCC(=O)O. The smallest absolute Gasteiger partial charge is 0.317 e. The van der Waals surface area contributed by atoms with Gasteiger partial charge in [-0.3, -0.25) is 4.79 Å². The van der Waals surface area contributed by atoms with Crippen molar-refractivity contribution < 1.29 is 19.8 Å². The topological polar surface area (TPSA) is 89.9 Å². The summed E-state index contributed by atoms with van der Waals surface area (Å²) in [5.74, 6) is -0.943. The van der Waals surface area contributed by atoms with Gasteiger partial charge < -0.3 is 20.4 Å². The van der Waals surface area contributed by atoms with Crippen molar-refractivity contribution in [3.8, 4) is 0 Å². The minimum Gasteiger partial charge on any atom is -0.481 e. The predicted octanol–water partition coefficient (Wildman–Crippen LogP) is -0.127. The molecule has 0 radical (unpaired) electrons. The highest BCUT2D eigenvalue weighted by atomic mass is 16.4. The maximum Gasteiger partial charge on any atom is 0.317 e. The zero-order valence-corrected chi connectivity index (χ0v) is 9.06. The molecule has 2 amide bonds.